The van der Waals surface area contributed by atoms with E-state index < -0.39 is 11.8 Å². The highest BCUT2D eigenvalue weighted by Crippen LogP contribution is 2.30. The van der Waals surface area contributed by atoms with E-state index in [9.17, 15) is 9.18 Å². The highest BCUT2D eigenvalue weighted by Gasteiger charge is 2.18. The Labute approximate surface area is 148 Å². The third-order valence-corrected chi connectivity index (χ3v) is 3.95. The van der Waals surface area contributed by atoms with Crippen molar-refractivity contribution in [2.24, 2.45) is 0 Å². The number of esters is 1. The maximum absolute atomic E-state index is 13.7. The van der Waals surface area contributed by atoms with Crippen LogP contribution in [0.15, 0.2) is 53.4 Å². The van der Waals surface area contributed by atoms with E-state index in [-0.39, 0.29) is 20.0 Å². The van der Waals surface area contributed by atoms with Crippen molar-refractivity contribution < 1.29 is 27.8 Å². The van der Waals surface area contributed by atoms with Gasteiger partial charge in [0.2, 0.25) is 0 Å². The molecule has 0 radical (unpaired) electrons. The van der Waals surface area contributed by atoms with Gasteiger partial charge in [0.25, 0.3) is 0 Å². The fraction of sp³-hybridized carbons (Fsp3) is 0.158. The average Bonchev–Trinajstić information content (AvgIpc) is 3.20. The molecule has 1 aliphatic rings. The Bertz CT molecular complexity index is 922. The quantitative estimate of drug-likeness (QED) is 0.665. The highest BCUT2D eigenvalue weighted by atomic mass is 19.1. The SMILES string of the molecule is O=C(OCc1cc(F)cc2c1OCOC2)c1ccc(-c2cnco2)cc1. The Hall–Kier alpha value is -3.19. The van der Waals surface area contributed by atoms with E-state index in [1.165, 1.54) is 18.5 Å². The summed E-state index contributed by atoms with van der Waals surface area (Å²) in [5.41, 5.74) is 2.24. The molecule has 0 aliphatic carbocycles. The number of rotatable bonds is 4. The molecule has 0 saturated carbocycles. The summed E-state index contributed by atoms with van der Waals surface area (Å²) in [6, 6.07) is 9.38. The molecule has 0 unspecified atom stereocenters. The van der Waals surface area contributed by atoms with Gasteiger partial charge in [0.15, 0.2) is 18.9 Å². The van der Waals surface area contributed by atoms with Gasteiger partial charge in [-0.1, -0.05) is 12.1 Å². The molecule has 1 aromatic heterocycles. The Kier molecular flexibility index (Phi) is 4.37. The van der Waals surface area contributed by atoms with Crippen LogP contribution in [0.1, 0.15) is 21.5 Å². The molecule has 0 atom stereocenters. The second kappa shape index (κ2) is 6.97. The van der Waals surface area contributed by atoms with Crippen LogP contribution < -0.4 is 4.74 Å². The summed E-state index contributed by atoms with van der Waals surface area (Å²) < 4.78 is 34.8. The van der Waals surface area contributed by atoms with Gasteiger partial charge in [-0.2, -0.15) is 0 Å². The van der Waals surface area contributed by atoms with Gasteiger partial charge < -0.3 is 18.6 Å². The van der Waals surface area contributed by atoms with Crippen molar-refractivity contribution in [3.63, 3.8) is 0 Å². The van der Waals surface area contributed by atoms with E-state index in [2.05, 4.69) is 4.98 Å². The van der Waals surface area contributed by atoms with Gasteiger partial charge in [-0.3, -0.25) is 0 Å². The van der Waals surface area contributed by atoms with Crippen molar-refractivity contribution in [3.05, 3.63) is 71.5 Å². The number of fused-ring (bicyclic) bond motifs is 1. The minimum atomic E-state index is -0.515. The van der Waals surface area contributed by atoms with Crippen LogP contribution in [0.25, 0.3) is 11.3 Å². The molecule has 0 N–H and O–H groups in total. The van der Waals surface area contributed by atoms with Crippen molar-refractivity contribution in [2.75, 3.05) is 6.79 Å². The first kappa shape index (κ1) is 16.3. The molecule has 1 aliphatic heterocycles. The molecule has 132 valence electrons. The van der Waals surface area contributed by atoms with E-state index in [1.54, 1.807) is 30.5 Å². The lowest BCUT2D eigenvalue weighted by molar-refractivity contribution is -0.0182. The number of benzene rings is 2. The second-order valence-electron chi connectivity index (χ2n) is 5.68. The standard InChI is InChI=1S/C19H14FNO5/c20-16-5-14-8-23-11-26-18(14)15(6-16)9-24-19(22)13-3-1-12(2-4-13)17-7-21-10-25-17/h1-7,10H,8-9,11H2. The maximum Gasteiger partial charge on any atom is 0.338 e. The Morgan fingerprint density at radius 3 is 2.85 bits per heavy atom. The first-order valence-electron chi connectivity index (χ1n) is 7.88. The number of oxazole rings is 1. The molecular weight excluding hydrogens is 341 g/mol. The third kappa shape index (κ3) is 3.29. The zero-order valence-electron chi connectivity index (χ0n) is 13.6. The van der Waals surface area contributed by atoms with Crippen molar-refractivity contribution in [2.45, 2.75) is 13.2 Å². The lowest BCUT2D eigenvalue weighted by atomic mass is 10.1. The van der Waals surface area contributed by atoms with Gasteiger partial charge in [0.1, 0.15) is 18.2 Å². The first-order chi connectivity index (χ1) is 12.7. The van der Waals surface area contributed by atoms with Crippen LogP contribution >= 0.6 is 0 Å². The average molecular weight is 355 g/mol. The van der Waals surface area contributed by atoms with Gasteiger partial charge >= 0.3 is 5.97 Å². The van der Waals surface area contributed by atoms with E-state index in [4.69, 9.17) is 18.6 Å². The Morgan fingerprint density at radius 2 is 2.08 bits per heavy atom. The van der Waals surface area contributed by atoms with Crippen LogP contribution in [0.2, 0.25) is 0 Å². The molecule has 7 heteroatoms. The van der Waals surface area contributed by atoms with Gasteiger partial charge in [-0.05, 0) is 24.3 Å². The predicted octanol–water partition coefficient (Wildman–Crippen LogP) is 3.70. The van der Waals surface area contributed by atoms with Crippen LogP contribution in [0.4, 0.5) is 4.39 Å². The summed E-state index contributed by atoms with van der Waals surface area (Å²) in [5, 5.41) is 0. The zero-order valence-corrected chi connectivity index (χ0v) is 13.6. The fourth-order valence-electron chi connectivity index (χ4n) is 2.72. The van der Waals surface area contributed by atoms with Crippen LogP contribution in [0.5, 0.6) is 5.75 Å². The van der Waals surface area contributed by atoms with Gasteiger partial charge in [0.05, 0.1) is 18.4 Å². The van der Waals surface area contributed by atoms with E-state index in [1.807, 2.05) is 0 Å². The number of aromatic nitrogens is 1. The predicted molar refractivity (Wildman–Crippen MR) is 87.7 cm³/mol. The van der Waals surface area contributed by atoms with Gasteiger partial charge in [-0.15, -0.1) is 0 Å². The summed E-state index contributed by atoms with van der Waals surface area (Å²) >= 11 is 0. The van der Waals surface area contributed by atoms with Crippen LogP contribution in [-0.4, -0.2) is 17.7 Å². The zero-order chi connectivity index (χ0) is 17.9. The Morgan fingerprint density at radius 1 is 1.23 bits per heavy atom. The number of halogens is 1. The fourth-order valence-corrected chi connectivity index (χ4v) is 2.72. The number of carbonyl (C=O) groups excluding carboxylic acids is 1. The van der Waals surface area contributed by atoms with Crippen molar-refractivity contribution in [3.8, 4) is 17.1 Å². The molecule has 3 aromatic rings. The summed E-state index contributed by atoms with van der Waals surface area (Å²) in [7, 11) is 0. The van der Waals surface area contributed by atoms with Gasteiger partial charge in [0, 0.05) is 16.7 Å². The first-order valence-corrected chi connectivity index (χ1v) is 7.88. The lowest BCUT2D eigenvalue weighted by Gasteiger charge is -2.20. The molecule has 0 saturated heterocycles. The molecular formula is C19H14FNO5. The number of carbonyl (C=O) groups is 1. The summed E-state index contributed by atoms with van der Waals surface area (Å²) in [5.74, 6) is 0.168. The minimum Gasteiger partial charge on any atom is -0.467 e. The molecule has 2 heterocycles. The molecule has 6 nitrogen and oxygen atoms in total. The van der Waals surface area contributed by atoms with Crippen molar-refractivity contribution >= 4 is 5.97 Å². The summed E-state index contributed by atoms with van der Waals surface area (Å²) in [6.45, 7) is 0.253. The number of hydrogen-bond acceptors (Lipinski definition) is 6. The molecule has 0 spiro atoms. The topological polar surface area (TPSA) is 70.8 Å². The van der Waals surface area contributed by atoms with E-state index in [0.717, 1.165) is 5.56 Å². The maximum atomic E-state index is 13.7. The second-order valence-corrected chi connectivity index (χ2v) is 5.68. The van der Waals surface area contributed by atoms with Crippen LogP contribution in [0, 0.1) is 5.82 Å². The molecule has 26 heavy (non-hydrogen) atoms. The number of ether oxygens (including phenoxy) is 3. The van der Waals surface area contributed by atoms with E-state index >= 15 is 0 Å². The lowest BCUT2D eigenvalue weighted by Crippen LogP contribution is -2.15. The smallest absolute Gasteiger partial charge is 0.338 e. The third-order valence-electron chi connectivity index (χ3n) is 3.95. The van der Waals surface area contributed by atoms with Crippen LogP contribution in [0.3, 0.4) is 0 Å². The number of hydrogen-bond donors (Lipinski definition) is 0. The molecule has 0 bridgehead atoms. The number of nitrogens with zero attached hydrogens (tertiary/aromatic N) is 1. The summed E-state index contributed by atoms with van der Waals surface area (Å²) in [6.07, 6.45) is 2.93. The molecule has 0 amide bonds. The van der Waals surface area contributed by atoms with Gasteiger partial charge in [-0.25, -0.2) is 14.2 Å². The monoisotopic (exact) mass is 355 g/mol. The highest BCUT2D eigenvalue weighted by molar-refractivity contribution is 5.90. The van der Waals surface area contributed by atoms with Crippen LogP contribution in [-0.2, 0) is 22.7 Å². The van der Waals surface area contributed by atoms with E-state index in [0.29, 0.717) is 28.2 Å². The summed E-state index contributed by atoms with van der Waals surface area (Å²) in [4.78, 5) is 16.1. The largest absolute Gasteiger partial charge is 0.467 e. The normalized spacial score (nSPS) is 13.0. The minimum absolute atomic E-state index is 0.0860. The Balaban J connectivity index is 1.47. The van der Waals surface area contributed by atoms with Crippen molar-refractivity contribution in [1.29, 1.82) is 0 Å². The molecule has 0 fully saturated rings. The molecule has 2 aromatic carbocycles. The van der Waals surface area contributed by atoms with Crippen molar-refractivity contribution in [1.82, 2.24) is 4.98 Å². The molecule has 4 rings (SSSR count).